The summed E-state index contributed by atoms with van der Waals surface area (Å²) in [5.41, 5.74) is 1.30. The molecule has 1 amide bonds. The Hall–Kier alpha value is -3.64. The fourth-order valence-electron chi connectivity index (χ4n) is 3.29. The number of rotatable bonds is 8. The minimum atomic E-state index is -4.53. The number of anilines is 1. The van der Waals surface area contributed by atoms with Gasteiger partial charge in [0.2, 0.25) is 10.0 Å². The lowest BCUT2D eigenvalue weighted by Gasteiger charge is -2.09. The molecule has 0 spiro atoms. The Morgan fingerprint density at radius 1 is 1.06 bits per heavy atom. The van der Waals surface area contributed by atoms with E-state index in [1.807, 2.05) is 0 Å². The fraction of sp³-hybridized carbons (Fsp3) is 0.174. The highest BCUT2D eigenvalue weighted by molar-refractivity contribution is 7.92. The van der Waals surface area contributed by atoms with Crippen LogP contribution >= 0.6 is 11.6 Å². The van der Waals surface area contributed by atoms with E-state index in [1.54, 1.807) is 18.2 Å². The Labute approximate surface area is 209 Å². The number of sulfonamides is 1. The number of benzene rings is 2. The van der Waals surface area contributed by atoms with Crippen LogP contribution in [0, 0.1) is 0 Å². The lowest BCUT2D eigenvalue weighted by atomic mass is 10.2. The van der Waals surface area contributed by atoms with Gasteiger partial charge in [0.05, 0.1) is 16.8 Å². The van der Waals surface area contributed by atoms with Crippen molar-refractivity contribution in [1.82, 2.24) is 20.3 Å². The van der Waals surface area contributed by atoms with E-state index in [0.717, 1.165) is 12.3 Å². The number of amides is 1. The van der Waals surface area contributed by atoms with Crippen molar-refractivity contribution in [3.05, 3.63) is 88.5 Å². The van der Waals surface area contributed by atoms with Gasteiger partial charge in [-0.05, 0) is 54.1 Å². The summed E-state index contributed by atoms with van der Waals surface area (Å²) in [7, 11) is -3.70. The number of H-pyrrole nitrogens is 1. The van der Waals surface area contributed by atoms with E-state index in [4.69, 9.17) is 11.6 Å². The zero-order valence-electron chi connectivity index (χ0n) is 18.4. The second-order valence-corrected chi connectivity index (χ2v) is 10.1. The van der Waals surface area contributed by atoms with Gasteiger partial charge >= 0.3 is 6.18 Å². The summed E-state index contributed by atoms with van der Waals surface area (Å²) in [6, 6.07) is 13.0. The minimum absolute atomic E-state index is 0.0215. The third-order valence-corrected chi connectivity index (χ3v) is 6.61. The molecule has 2 aromatic carbocycles. The van der Waals surface area contributed by atoms with Crippen LogP contribution in [0.5, 0.6) is 0 Å². The van der Waals surface area contributed by atoms with Crippen molar-refractivity contribution in [2.75, 3.05) is 10.5 Å². The predicted molar refractivity (Wildman–Crippen MR) is 129 cm³/mol. The fourth-order valence-corrected chi connectivity index (χ4v) is 4.52. The standard InChI is InChI=1S/C23H19ClF3N5O3S/c24-16-4-7-18-19(11-16)31-21(30-18)9-10-36(34,35)32-17-5-2-15(3-6-17)22(33)29-13-14-1-8-20(28-12-14)23(25,26)27/h1-8,11-12,32H,9-10,13H2,(H,29,33)(H,30,31). The minimum Gasteiger partial charge on any atom is -0.348 e. The Kier molecular flexibility index (Phi) is 7.18. The molecule has 4 aromatic rings. The van der Waals surface area contributed by atoms with Gasteiger partial charge < -0.3 is 10.3 Å². The molecule has 0 saturated heterocycles. The van der Waals surface area contributed by atoms with Crippen molar-refractivity contribution in [3.8, 4) is 0 Å². The molecule has 2 heterocycles. The molecule has 3 N–H and O–H groups in total. The summed E-state index contributed by atoms with van der Waals surface area (Å²) in [5.74, 6) is -0.188. The summed E-state index contributed by atoms with van der Waals surface area (Å²) in [4.78, 5) is 23.1. The molecular weight excluding hydrogens is 519 g/mol. The maximum absolute atomic E-state index is 12.6. The number of aromatic amines is 1. The highest BCUT2D eigenvalue weighted by Crippen LogP contribution is 2.27. The topological polar surface area (TPSA) is 117 Å². The number of aromatic nitrogens is 3. The summed E-state index contributed by atoms with van der Waals surface area (Å²) in [6.45, 7) is -0.0215. The summed E-state index contributed by atoms with van der Waals surface area (Å²) in [5, 5.41) is 3.12. The highest BCUT2D eigenvalue weighted by Gasteiger charge is 2.32. The summed E-state index contributed by atoms with van der Waals surface area (Å²) < 4.78 is 65.1. The van der Waals surface area contributed by atoms with Crippen LogP contribution in [0.2, 0.25) is 5.02 Å². The van der Waals surface area contributed by atoms with Gasteiger partial charge in [0.1, 0.15) is 11.5 Å². The summed E-state index contributed by atoms with van der Waals surface area (Å²) >= 11 is 5.95. The molecule has 0 unspecified atom stereocenters. The Morgan fingerprint density at radius 2 is 1.81 bits per heavy atom. The molecule has 0 radical (unpaired) electrons. The molecule has 0 saturated carbocycles. The number of hydrogen-bond acceptors (Lipinski definition) is 5. The average molecular weight is 538 g/mol. The zero-order chi connectivity index (χ0) is 25.9. The van der Waals surface area contributed by atoms with Crippen molar-refractivity contribution >= 4 is 44.3 Å². The summed E-state index contributed by atoms with van der Waals surface area (Å²) in [6.07, 6.45) is -3.34. The van der Waals surface area contributed by atoms with E-state index in [1.165, 1.54) is 30.3 Å². The van der Waals surface area contributed by atoms with Gasteiger partial charge in [-0.3, -0.25) is 14.5 Å². The number of carbonyl (C=O) groups excluding carboxylic acids is 1. The number of aryl methyl sites for hydroxylation is 1. The number of nitrogens with one attached hydrogen (secondary N) is 3. The molecule has 0 aliphatic carbocycles. The largest absolute Gasteiger partial charge is 0.433 e. The lowest BCUT2D eigenvalue weighted by molar-refractivity contribution is -0.141. The highest BCUT2D eigenvalue weighted by atomic mass is 35.5. The van der Waals surface area contributed by atoms with E-state index in [2.05, 4.69) is 25.0 Å². The molecule has 8 nitrogen and oxygen atoms in total. The number of hydrogen-bond donors (Lipinski definition) is 3. The van der Waals surface area contributed by atoms with Crippen LogP contribution in [0.25, 0.3) is 11.0 Å². The van der Waals surface area contributed by atoms with Gasteiger partial charge in [-0.1, -0.05) is 17.7 Å². The van der Waals surface area contributed by atoms with E-state index < -0.39 is 27.8 Å². The molecule has 0 atom stereocenters. The van der Waals surface area contributed by atoms with Crippen LogP contribution in [-0.4, -0.2) is 35.0 Å². The second kappa shape index (κ2) is 10.2. The normalized spacial score (nSPS) is 12.0. The predicted octanol–water partition coefficient (Wildman–Crippen LogP) is 4.54. The molecule has 2 aromatic heterocycles. The van der Waals surface area contributed by atoms with Gasteiger partial charge in [0.15, 0.2) is 0 Å². The molecule has 0 fully saturated rings. The van der Waals surface area contributed by atoms with E-state index in [-0.39, 0.29) is 30.0 Å². The van der Waals surface area contributed by atoms with E-state index in [0.29, 0.717) is 27.4 Å². The molecule has 0 bridgehead atoms. The zero-order valence-corrected chi connectivity index (χ0v) is 20.0. The molecule has 4 rings (SSSR count). The first-order valence-corrected chi connectivity index (χ1v) is 12.6. The molecule has 0 aliphatic heterocycles. The smallest absolute Gasteiger partial charge is 0.348 e. The number of nitrogens with zero attached hydrogens (tertiary/aromatic N) is 2. The Morgan fingerprint density at radius 3 is 2.47 bits per heavy atom. The van der Waals surface area contributed by atoms with Gasteiger partial charge in [0.25, 0.3) is 5.91 Å². The SMILES string of the molecule is O=C(NCc1ccc(C(F)(F)F)nc1)c1ccc(NS(=O)(=O)CCc2nc3ccc(Cl)cc3[nH]2)cc1. The number of fused-ring (bicyclic) bond motifs is 1. The third kappa shape index (κ3) is 6.52. The maximum atomic E-state index is 12.6. The average Bonchev–Trinajstić information content (AvgIpc) is 3.23. The van der Waals surface area contributed by atoms with E-state index >= 15 is 0 Å². The second-order valence-electron chi connectivity index (χ2n) is 7.83. The van der Waals surface area contributed by atoms with Crippen molar-refractivity contribution in [1.29, 1.82) is 0 Å². The van der Waals surface area contributed by atoms with Crippen molar-refractivity contribution in [2.24, 2.45) is 0 Å². The van der Waals surface area contributed by atoms with Crippen LogP contribution in [0.1, 0.15) is 27.4 Å². The van der Waals surface area contributed by atoms with Gasteiger partial charge in [-0.15, -0.1) is 0 Å². The number of pyridine rings is 1. The molecule has 13 heteroatoms. The molecular formula is C23H19ClF3N5O3S. The third-order valence-electron chi connectivity index (χ3n) is 5.09. The maximum Gasteiger partial charge on any atom is 0.433 e. The van der Waals surface area contributed by atoms with Crippen molar-refractivity contribution < 1.29 is 26.4 Å². The van der Waals surface area contributed by atoms with Crippen molar-refractivity contribution in [3.63, 3.8) is 0 Å². The first kappa shape index (κ1) is 25.5. The van der Waals surface area contributed by atoms with Crippen LogP contribution in [-0.2, 0) is 29.2 Å². The first-order valence-electron chi connectivity index (χ1n) is 10.5. The molecule has 36 heavy (non-hydrogen) atoms. The van der Waals surface area contributed by atoms with Gasteiger partial charge in [0, 0.05) is 35.4 Å². The van der Waals surface area contributed by atoms with E-state index in [9.17, 15) is 26.4 Å². The number of halogens is 4. The van der Waals surface area contributed by atoms with Gasteiger partial charge in [-0.2, -0.15) is 13.2 Å². The Balaban J connectivity index is 1.30. The quantitative estimate of drug-likeness (QED) is 0.305. The van der Waals surface area contributed by atoms with Crippen LogP contribution in [0.4, 0.5) is 18.9 Å². The first-order chi connectivity index (χ1) is 17.0. The Bertz CT molecular complexity index is 1490. The number of imidazole rings is 1. The van der Waals surface area contributed by atoms with Crippen LogP contribution in [0.3, 0.4) is 0 Å². The van der Waals surface area contributed by atoms with Crippen LogP contribution in [0.15, 0.2) is 60.8 Å². The molecule has 0 aliphatic rings. The number of alkyl halides is 3. The number of carbonyl (C=O) groups is 1. The molecule has 188 valence electrons. The van der Waals surface area contributed by atoms with Gasteiger partial charge in [-0.25, -0.2) is 13.4 Å². The monoisotopic (exact) mass is 537 g/mol. The van der Waals surface area contributed by atoms with Crippen molar-refractivity contribution in [2.45, 2.75) is 19.1 Å². The lowest BCUT2D eigenvalue weighted by Crippen LogP contribution is -2.23. The van der Waals surface area contributed by atoms with Crippen LogP contribution < -0.4 is 10.0 Å².